The molecule has 218 valence electrons. The molecule has 0 radical (unpaired) electrons. The van der Waals surface area contributed by atoms with Crippen LogP contribution in [0.2, 0.25) is 0 Å². The molecule has 0 bridgehead atoms. The minimum absolute atomic E-state index is 0.0214. The summed E-state index contributed by atoms with van der Waals surface area (Å²) in [4.78, 5) is 22.0. The van der Waals surface area contributed by atoms with Crippen LogP contribution < -0.4 is 0 Å². The fraction of sp³-hybridized carbons (Fsp3) is 0.529. The van der Waals surface area contributed by atoms with E-state index in [1.165, 1.54) is 27.6 Å². The number of aromatic nitrogens is 1. The number of amides is 1. The largest absolute Gasteiger partial charge is 0.379 e. The molecular weight excluding hydrogens is 514 g/mol. The Morgan fingerprint density at radius 3 is 2.56 bits per heavy atom. The van der Waals surface area contributed by atoms with Crippen molar-refractivity contribution in [3.8, 4) is 11.1 Å². The summed E-state index contributed by atoms with van der Waals surface area (Å²) in [6.45, 7) is 9.85. The molecule has 3 saturated heterocycles. The second-order valence-corrected chi connectivity index (χ2v) is 11.7. The monoisotopic (exact) mass is 557 g/mol. The minimum atomic E-state index is -0.236. The fourth-order valence-electron chi connectivity index (χ4n) is 6.68. The number of hydrogen-bond acceptors (Lipinski definition) is 6. The van der Waals surface area contributed by atoms with Crippen LogP contribution in [-0.4, -0.2) is 85.9 Å². The van der Waals surface area contributed by atoms with Gasteiger partial charge in [-0.2, -0.15) is 0 Å². The molecule has 0 aliphatic carbocycles. The Balaban J connectivity index is 1.15. The third-order valence-electron chi connectivity index (χ3n) is 9.08. The van der Waals surface area contributed by atoms with Crippen LogP contribution in [0, 0.1) is 12.8 Å². The quantitative estimate of drug-likeness (QED) is 0.328. The van der Waals surface area contributed by atoms with E-state index in [0.29, 0.717) is 12.5 Å². The molecule has 7 nitrogen and oxygen atoms in total. The third kappa shape index (κ3) is 6.64. The molecule has 3 aliphatic rings. The number of benzene rings is 2. The van der Waals surface area contributed by atoms with Crippen molar-refractivity contribution in [3.63, 3.8) is 0 Å². The van der Waals surface area contributed by atoms with Crippen LogP contribution in [0.15, 0.2) is 54.7 Å². The Hall–Kier alpha value is -2.84. The van der Waals surface area contributed by atoms with Gasteiger partial charge in [0.25, 0.3) is 5.91 Å². The summed E-state index contributed by atoms with van der Waals surface area (Å²) in [5, 5.41) is 1.17. The van der Waals surface area contributed by atoms with Gasteiger partial charge in [-0.15, -0.1) is 0 Å². The summed E-state index contributed by atoms with van der Waals surface area (Å²) in [5.41, 5.74) is 5.89. The Morgan fingerprint density at radius 1 is 1.00 bits per heavy atom. The molecule has 7 heteroatoms. The third-order valence-corrected chi connectivity index (χ3v) is 9.08. The Kier molecular flexibility index (Phi) is 9.26. The van der Waals surface area contributed by atoms with Gasteiger partial charge in [-0.25, -0.2) is 0 Å². The van der Waals surface area contributed by atoms with E-state index in [2.05, 4.69) is 59.3 Å². The molecule has 4 heterocycles. The molecule has 2 atom stereocenters. The maximum absolute atomic E-state index is 12.9. The average Bonchev–Trinajstić information content (AvgIpc) is 3.57. The lowest BCUT2D eigenvalue weighted by Crippen LogP contribution is -2.44. The molecule has 3 aliphatic heterocycles. The Labute approximate surface area is 243 Å². The number of rotatable bonds is 9. The van der Waals surface area contributed by atoms with Crippen molar-refractivity contribution in [2.75, 3.05) is 59.2 Å². The number of ether oxygens (including phenoxy) is 3. The maximum Gasteiger partial charge on any atom is 0.251 e. The zero-order valence-electron chi connectivity index (χ0n) is 24.3. The second kappa shape index (κ2) is 13.4. The molecule has 1 aromatic heterocycles. The number of piperidine rings is 1. The number of hydrogen-bond donors (Lipinski definition) is 0. The van der Waals surface area contributed by atoms with Crippen molar-refractivity contribution >= 4 is 16.8 Å². The first-order valence-corrected chi connectivity index (χ1v) is 15.4. The molecular formula is C34H43N3O4. The molecule has 3 fully saturated rings. The second-order valence-electron chi connectivity index (χ2n) is 11.7. The van der Waals surface area contributed by atoms with E-state index in [1.807, 2.05) is 17.2 Å². The van der Waals surface area contributed by atoms with Crippen LogP contribution >= 0.6 is 0 Å². The number of likely N-dealkylation sites (tertiary alicyclic amines) is 1. The highest BCUT2D eigenvalue weighted by Crippen LogP contribution is 2.36. The first-order valence-electron chi connectivity index (χ1n) is 15.4. The van der Waals surface area contributed by atoms with Gasteiger partial charge in [0, 0.05) is 57.5 Å². The smallest absolute Gasteiger partial charge is 0.251 e. The lowest BCUT2D eigenvalue weighted by Gasteiger charge is -2.37. The van der Waals surface area contributed by atoms with Crippen LogP contribution in [0.25, 0.3) is 22.0 Å². The van der Waals surface area contributed by atoms with E-state index < -0.39 is 0 Å². The Bertz CT molecular complexity index is 1290. The van der Waals surface area contributed by atoms with Crippen LogP contribution in [0.1, 0.15) is 49.3 Å². The van der Waals surface area contributed by atoms with E-state index in [4.69, 9.17) is 14.2 Å². The number of pyridine rings is 1. The predicted molar refractivity (Wildman–Crippen MR) is 161 cm³/mol. The first kappa shape index (κ1) is 28.3. The van der Waals surface area contributed by atoms with Gasteiger partial charge in [-0.05, 0) is 73.3 Å². The zero-order chi connectivity index (χ0) is 28.0. The minimum Gasteiger partial charge on any atom is -0.379 e. The highest BCUT2D eigenvalue weighted by atomic mass is 16.5. The number of fused-ring (bicyclic) bond motifs is 1. The van der Waals surface area contributed by atoms with E-state index in [0.717, 1.165) is 90.2 Å². The highest BCUT2D eigenvalue weighted by Gasteiger charge is 2.34. The summed E-state index contributed by atoms with van der Waals surface area (Å²) in [6, 6.07) is 17.4. The van der Waals surface area contributed by atoms with Gasteiger partial charge in [0.1, 0.15) is 6.10 Å². The van der Waals surface area contributed by atoms with Gasteiger partial charge in [-0.1, -0.05) is 42.5 Å². The summed E-state index contributed by atoms with van der Waals surface area (Å²) in [7, 11) is 0. The van der Waals surface area contributed by atoms with Gasteiger partial charge >= 0.3 is 0 Å². The summed E-state index contributed by atoms with van der Waals surface area (Å²) < 4.78 is 17.9. The van der Waals surface area contributed by atoms with Crippen molar-refractivity contribution in [1.29, 1.82) is 0 Å². The fourth-order valence-corrected chi connectivity index (χ4v) is 6.68. The van der Waals surface area contributed by atoms with Crippen LogP contribution in [0.4, 0.5) is 0 Å². The summed E-state index contributed by atoms with van der Waals surface area (Å²) in [6.07, 6.45) is 6.39. The van der Waals surface area contributed by atoms with E-state index >= 15 is 0 Å². The highest BCUT2D eigenvalue weighted by molar-refractivity contribution is 5.88. The zero-order valence-corrected chi connectivity index (χ0v) is 24.3. The summed E-state index contributed by atoms with van der Waals surface area (Å²) >= 11 is 0. The number of carbonyl (C=O) groups is 1. The lowest BCUT2D eigenvalue weighted by atomic mass is 9.86. The summed E-state index contributed by atoms with van der Waals surface area (Å²) in [5.74, 6) is 0.554. The van der Waals surface area contributed by atoms with Gasteiger partial charge < -0.3 is 19.1 Å². The molecule has 41 heavy (non-hydrogen) atoms. The van der Waals surface area contributed by atoms with Crippen LogP contribution in [0.5, 0.6) is 0 Å². The van der Waals surface area contributed by atoms with Crippen molar-refractivity contribution < 1.29 is 19.0 Å². The predicted octanol–water partition coefficient (Wildman–Crippen LogP) is 5.41. The molecule has 1 amide bonds. The van der Waals surface area contributed by atoms with E-state index in [1.54, 1.807) is 0 Å². The molecule has 0 saturated carbocycles. The standard InChI is InChI=1S/C34H43N3O4/c1-25-30(12-11-27-5-2-15-35-32(25)27)26-7-9-28(10-8-26)33(41-22-4-16-36-19-23-39-24-20-36)29-13-17-37(18-14-29)34(38)31-6-3-21-40-31/h2,5,7-12,15,29,31,33H,3-4,6,13-14,16-24H2,1H3. The van der Waals surface area contributed by atoms with Gasteiger partial charge in [0.05, 0.1) is 24.8 Å². The van der Waals surface area contributed by atoms with Crippen LogP contribution in [-0.2, 0) is 19.0 Å². The van der Waals surface area contributed by atoms with Crippen molar-refractivity contribution in [3.05, 3.63) is 65.9 Å². The first-order chi connectivity index (χ1) is 20.2. The van der Waals surface area contributed by atoms with Gasteiger partial charge in [0.15, 0.2) is 0 Å². The molecule has 2 aromatic carbocycles. The lowest BCUT2D eigenvalue weighted by molar-refractivity contribution is -0.143. The normalized spacial score (nSPS) is 21.4. The maximum atomic E-state index is 12.9. The number of carbonyl (C=O) groups excluding carboxylic acids is 1. The van der Waals surface area contributed by atoms with Crippen molar-refractivity contribution in [2.24, 2.45) is 5.92 Å². The van der Waals surface area contributed by atoms with Crippen LogP contribution in [0.3, 0.4) is 0 Å². The number of nitrogens with zero attached hydrogens (tertiary/aromatic N) is 3. The SMILES string of the molecule is Cc1c(-c2ccc(C(OCCCN3CCOCC3)C3CCN(C(=O)C4CCCO4)CC3)cc2)ccc2cccnc12. The Morgan fingerprint density at radius 2 is 1.80 bits per heavy atom. The molecule has 0 N–H and O–H groups in total. The van der Waals surface area contributed by atoms with Gasteiger partial charge in [0.2, 0.25) is 0 Å². The van der Waals surface area contributed by atoms with E-state index in [-0.39, 0.29) is 18.1 Å². The van der Waals surface area contributed by atoms with Crippen molar-refractivity contribution in [2.45, 2.75) is 51.2 Å². The molecule has 6 rings (SSSR count). The average molecular weight is 558 g/mol. The molecule has 3 aromatic rings. The van der Waals surface area contributed by atoms with Crippen molar-refractivity contribution in [1.82, 2.24) is 14.8 Å². The molecule has 2 unspecified atom stereocenters. The van der Waals surface area contributed by atoms with E-state index in [9.17, 15) is 4.79 Å². The molecule has 0 spiro atoms. The van der Waals surface area contributed by atoms with Gasteiger partial charge in [-0.3, -0.25) is 14.7 Å². The number of morpholine rings is 1. The topological polar surface area (TPSA) is 64.1 Å². The number of aryl methyl sites for hydroxylation is 1.